The lowest BCUT2D eigenvalue weighted by Gasteiger charge is -2.27. The first-order valence-electron chi connectivity index (χ1n) is 11.5. The highest BCUT2D eigenvalue weighted by molar-refractivity contribution is 5.79. The van der Waals surface area contributed by atoms with Gasteiger partial charge in [-0.3, -0.25) is 38.7 Å². The monoisotopic (exact) mass is 522 g/mol. The Bertz CT molecular complexity index is 677. The van der Waals surface area contributed by atoms with Crippen LogP contribution in [0.2, 0.25) is 0 Å². The second-order valence-corrected chi connectivity index (χ2v) is 7.85. The molecule has 0 atom stereocenters. The van der Waals surface area contributed by atoms with Crippen LogP contribution < -0.4 is 5.32 Å². The van der Waals surface area contributed by atoms with Gasteiger partial charge < -0.3 is 35.2 Å². The maximum Gasteiger partial charge on any atom is 0.317 e. The van der Waals surface area contributed by atoms with Crippen LogP contribution in [-0.4, -0.2) is 157 Å². The molecule has 15 heteroatoms. The van der Waals surface area contributed by atoms with E-state index in [9.17, 15) is 24.0 Å². The van der Waals surface area contributed by atoms with E-state index < -0.39 is 56.0 Å². The lowest BCUT2D eigenvalue weighted by Crippen LogP contribution is -2.46. The quantitative estimate of drug-likeness (QED) is 0.0852. The molecule has 0 saturated carbocycles. The van der Waals surface area contributed by atoms with Crippen LogP contribution in [0, 0.1) is 0 Å². The van der Waals surface area contributed by atoms with Crippen LogP contribution in [0.1, 0.15) is 13.3 Å². The number of carboxylic acid groups (broad SMARTS) is 4. The van der Waals surface area contributed by atoms with E-state index in [1.165, 1.54) is 9.80 Å². The van der Waals surface area contributed by atoms with Gasteiger partial charge in [-0.25, -0.2) is 0 Å². The predicted octanol–water partition coefficient (Wildman–Crippen LogP) is -2.21. The second-order valence-electron chi connectivity index (χ2n) is 7.85. The van der Waals surface area contributed by atoms with E-state index in [4.69, 9.17) is 29.9 Å². The van der Waals surface area contributed by atoms with Crippen molar-refractivity contribution in [2.24, 2.45) is 0 Å². The van der Waals surface area contributed by atoms with E-state index in [-0.39, 0.29) is 45.9 Å². The summed E-state index contributed by atoms with van der Waals surface area (Å²) in [6.07, 6.45) is 0.908. The Labute approximate surface area is 209 Å². The maximum absolute atomic E-state index is 12.2. The zero-order valence-corrected chi connectivity index (χ0v) is 20.6. The Morgan fingerprint density at radius 3 is 1.42 bits per heavy atom. The first-order valence-corrected chi connectivity index (χ1v) is 11.5. The van der Waals surface area contributed by atoms with Crippen LogP contribution >= 0.6 is 0 Å². The first kappa shape index (κ1) is 33.1. The van der Waals surface area contributed by atoms with Gasteiger partial charge in [0, 0.05) is 39.3 Å². The van der Waals surface area contributed by atoms with Crippen LogP contribution in [-0.2, 0) is 33.4 Å². The molecule has 0 unspecified atom stereocenters. The van der Waals surface area contributed by atoms with E-state index in [1.54, 1.807) is 0 Å². The maximum atomic E-state index is 12.2. The van der Waals surface area contributed by atoms with Crippen molar-refractivity contribution in [1.82, 2.24) is 20.0 Å². The second kappa shape index (κ2) is 20.4. The molecule has 1 amide bonds. The molecule has 0 aliphatic heterocycles. The highest BCUT2D eigenvalue weighted by Crippen LogP contribution is 1.97. The van der Waals surface area contributed by atoms with Gasteiger partial charge in [0.2, 0.25) is 5.91 Å². The summed E-state index contributed by atoms with van der Waals surface area (Å²) in [7, 11) is 0. The van der Waals surface area contributed by atoms with Gasteiger partial charge in [0.1, 0.15) is 0 Å². The predicted molar refractivity (Wildman–Crippen MR) is 125 cm³/mol. The van der Waals surface area contributed by atoms with Gasteiger partial charge in [0.05, 0.1) is 52.5 Å². The minimum Gasteiger partial charge on any atom is -0.480 e. The van der Waals surface area contributed by atoms with Crippen LogP contribution in [0.5, 0.6) is 0 Å². The standard InChI is InChI=1S/C21H38N4O11/c1-2-8-35-10-11-36-9-3-22-17(26)12-24(14-19(29)30)6-4-23(13-18(27)28)5-7-25(15-20(31)32)16-21(33)34/h2-16H2,1H3,(H,22,26)(H,27,28)(H,29,30)(H,31,32)(H,33,34). The highest BCUT2D eigenvalue weighted by Gasteiger charge is 2.19. The van der Waals surface area contributed by atoms with E-state index in [1.807, 2.05) is 6.92 Å². The number of amides is 1. The number of carbonyl (C=O) groups is 5. The van der Waals surface area contributed by atoms with Crippen molar-refractivity contribution in [2.45, 2.75) is 13.3 Å². The first-order chi connectivity index (χ1) is 17.0. The van der Waals surface area contributed by atoms with Gasteiger partial charge in [0.25, 0.3) is 0 Å². The molecule has 0 bridgehead atoms. The average molecular weight is 523 g/mol. The Morgan fingerprint density at radius 2 is 0.972 bits per heavy atom. The number of hydrogen-bond donors (Lipinski definition) is 5. The topological polar surface area (TPSA) is 206 Å². The van der Waals surface area contributed by atoms with Gasteiger partial charge in [-0.2, -0.15) is 0 Å². The van der Waals surface area contributed by atoms with Crippen molar-refractivity contribution in [2.75, 3.05) is 91.9 Å². The molecule has 0 fully saturated rings. The summed E-state index contributed by atoms with van der Waals surface area (Å²) >= 11 is 0. The molecule has 0 aromatic rings. The molecule has 0 rings (SSSR count). The van der Waals surface area contributed by atoms with E-state index in [2.05, 4.69) is 5.32 Å². The van der Waals surface area contributed by atoms with Crippen LogP contribution in [0.4, 0.5) is 0 Å². The van der Waals surface area contributed by atoms with Crippen LogP contribution in [0.25, 0.3) is 0 Å². The van der Waals surface area contributed by atoms with Gasteiger partial charge in [-0.15, -0.1) is 0 Å². The van der Waals surface area contributed by atoms with E-state index in [0.717, 1.165) is 11.3 Å². The summed E-state index contributed by atoms with van der Waals surface area (Å²) in [6.45, 7) is 1.85. The summed E-state index contributed by atoms with van der Waals surface area (Å²) < 4.78 is 10.6. The van der Waals surface area contributed by atoms with Crippen LogP contribution in [0.3, 0.4) is 0 Å². The van der Waals surface area contributed by atoms with Gasteiger partial charge in [0.15, 0.2) is 0 Å². The SMILES string of the molecule is CCCOCCOCCNC(=O)CN(CCN(CCN(CC(=O)O)CC(=O)O)CC(=O)O)CC(=O)O. The fourth-order valence-corrected chi connectivity index (χ4v) is 3.02. The van der Waals surface area contributed by atoms with E-state index in [0.29, 0.717) is 19.8 Å². The third-order valence-corrected chi connectivity index (χ3v) is 4.56. The van der Waals surface area contributed by atoms with Crippen molar-refractivity contribution in [3.8, 4) is 0 Å². The molecule has 15 nitrogen and oxygen atoms in total. The summed E-state index contributed by atoms with van der Waals surface area (Å²) in [5, 5.41) is 38.8. The number of ether oxygens (including phenoxy) is 2. The van der Waals surface area contributed by atoms with Gasteiger partial charge in [-0.1, -0.05) is 6.92 Å². The summed E-state index contributed by atoms with van der Waals surface area (Å²) in [5.41, 5.74) is 0. The summed E-state index contributed by atoms with van der Waals surface area (Å²) in [5.74, 6) is -5.22. The van der Waals surface area contributed by atoms with Gasteiger partial charge in [-0.05, 0) is 6.42 Å². The lowest BCUT2D eigenvalue weighted by atomic mass is 10.3. The number of carboxylic acids is 4. The Balaban J connectivity index is 4.71. The molecule has 5 N–H and O–H groups in total. The molecular weight excluding hydrogens is 484 g/mol. The van der Waals surface area contributed by atoms with Crippen molar-refractivity contribution < 1.29 is 53.9 Å². The fourth-order valence-electron chi connectivity index (χ4n) is 3.02. The number of nitrogens with one attached hydrogen (secondary N) is 1. The molecule has 0 spiro atoms. The third-order valence-electron chi connectivity index (χ3n) is 4.56. The minimum absolute atomic E-state index is 0.0271. The van der Waals surface area contributed by atoms with Gasteiger partial charge >= 0.3 is 23.9 Å². The minimum atomic E-state index is -1.23. The molecule has 0 radical (unpaired) electrons. The van der Waals surface area contributed by atoms with Crippen molar-refractivity contribution in [3.05, 3.63) is 0 Å². The third kappa shape index (κ3) is 20.5. The molecule has 0 heterocycles. The zero-order chi connectivity index (χ0) is 27.3. The number of rotatable bonds is 24. The molecule has 0 aromatic heterocycles. The molecule has 36 heavy (non-hydrogen) atoms. The molecule has 0 aliphatic carbocycles. The molecule has 0 saturated heterocycles. The summed E-state index contributed by atoms with van der Waals surface area (Å²) in [6, 6.07) is 0. The smallest absolute Gasteiger partial charge is 0.317 e. The Morgan fingerprint density at radius 1 is 0.583 bits per heavy atom. The number of aliphatic carboxylic acids is 4. The molecule has 0 aliphatic rings. The van der Waals surface area contributed by atoms with Crippen molar-refractivity contribution in [3.63, 3.8) is 0 Å². The van der Waals surface area contributed by atoms with E-state index >= 15 is 0 Å². The van der Waals surface area contributed by atoms with Crippen LogP contribution in [0.15, 0.2) is 0 Å². The molecule has 0 aromatic carbocycles. The number of carbonyl (C=O) groups excluding carboxylic acids is 1. The molecular formula is C21H38N4O11. The lowest BCUT2D eigenvalue weighted by molar-refractivity contribution is -0.143. The fraction of sp³-hybridized carbons (Fsp3) is 0.762. The zero-order valence-electron chi connectivity index (χ0n) is 20.6. The van der Waals surface area contributed by atoms with Crippen molar-refractivity contribution >= 4 is 29.8 Å². The average Bonchev–Trinajstić information content (AvgIpc) is 2.75. The molecule has 208 valence electrons. The normalized spacial score (nSPS) is 11.2. The Hall–Kier alpha value is -2.85. The van der Waals surface area contributed by atoms with Crippen molar-refractivity contribution in [1.29, 1.82) is 0 Å². The highest BCUT2D eigenvalue weighted by atomic mass is 16.5. The Kier molecular flexibility index (Phi) is 18.7. The summed E-state index contributed by atoms with van der Waals surface area (Å²) in [4.78, 5) is 60.4. The number of hydrogen-bond acceptors (Lipinski definition) is 10. The number of nitrogens with zero attached hydrogens (tertiary/aromatic N) is 3. The largest absolute Gasteiger partial charge is 0.480 e.